The molecule has 0 spiro atoms. The van der Waals surface area contributed by atoms with Crippen molar-refractivity contribution >= 4 is 28.4 Å². The Bertz CT molecular complexity index is 499. The Kier molecular flexibility index (Phi) is 5.52. The summed E-state index contributed by atoms with van der Waals surface area (Å²) >= 11 is 5.77. The summed E-state index contributed by atoms with van der Waals surface area (Å²) in [4.78, 5) is 11.4. The minimum atomic E-state index is -1.27. The van der Waals surface area contributed by atoms with Crippen LogP contribution < -0.4 is 0 Å². The van der Waals surface area contributed by atoms with E-state index in [1.807, 2.05) is 13.8 Å². The van der Waals surface area contributed by atoms with Crippen LogP contribution in [0.5, 0.6) is 0 Å². The Balaban J connectivity index is 2.84. The molecule has 1 aromatic rings. The SMILES string of the molecule is COC(C)(C)CCS(=O)c1ccc(Cl)c(C(=O)O)c1. The summed E-state index contributed by atoms with van der Waals surface area (Å²) in [7, 11) is 0.336. The molecule has 0 saturated carbocycles. The maximum absolute atomic E-state index is 12.1. The summed E-state index contributed by atoms with van der Waals surface area (Å²) in [6.07, 6.45) is 0.612. The molecule has 0 aromatic heterocycles. The Labute approximate surface area is 120 Å². The molecule has 4 nitrogen and oxygen atoms in total. The van der Waals surface area contributed by atoms with Gasteiger partial charge in [0.2, 0.25) is 0 Å². The van der Waals surface area contributed by atoms with Crippen molar-refractivity contribution in [3.05, 3.63) is 28.8 Å². The number of carboxylic acids is 1. The first-order valence-electron chi connectivity index (χ1n) is 5.73. The van der Waals surface area contributed by atoms with E-state index in [2.05, 4.69) is 0 Å². The van der Waals surface area contributed by atoms with Crippen LogP contribution in [0, 0.1) is 0 Å². The number of hydrogen-bond donors (Lipinski definition) is 1. The molecule has 0 aliphatic heterocycles. The van der Waals surface area contributed by atoms with Crippen molar-refractivity contribution in [2.75, 3.05) is 12.9 Å². The fourth-order valence-corrected chi connectivity index (χ4v) is 2.95. The lowest BCUT2D eigenvalue weighted by atomic mass is 10.1. The van der Waals surface area contributed by atoms with Gasteiger partial charge >= 0.3 is 5.97 Å². The Morgan fingerprint density at radius 1 is 1.47 bits per heavy atom. The van der Waals surface area contributed by atoms with Crippen LogP contribution in [0.25, 0.3) is 0 Å². The first-order valence-corrected chi connectivity index (χ1v) is 7.43. The average molecular weight is 305 g/mol. The molecule has 0 fully saturated rings. The molecule has 1 N–H and O–H groups in total. The number of aromatic carboxylic acids is 1. The second-order valence-corrected chi connectivity index (χ2v) is 6.69. The zero-order valence-corrected chi connectivity index (χ0v) is 12.7. The molecule has 6 heteroatoms. The van der Waals surface area contributed by atoms with Gasteiger partial charge in [-0.2, -0.15) is 0 Å². The smallest absolute Gasteiger partial charge is 0.337 e. The van der Waals surface area contributed by atoms with Gasteiger partial charge < -0.3 is 9.84 Å². The molecule has 0 aliphatic rings. The van der Waals surface area contributed by atoms with Gasteiger partial charge in [-0.15, -0.1) is 0 Å². The molecule has 1 unspecified atom stereocenters. The third-order valence-corrected chi connectivity index (χ3v) is 4.56. The van der Waals surface area contributed by atoms with Crippen molar-refractivity contribution < 1.29 is 18.8 Å². The number of carbonyl (C=O) groups is 1. The lowest BCUT2D eigenvalue weighted by molar-refractivity contribution is 0.0205. The second kappa shape index (κ2) is 6.50. The highest BCUT2D eigenvalue weighted by Gasteiger charge is 2.19. The number of ether oxygens (including phenoxy) is 1. The highest BCUT2D eigenvalue weighted by Crippen LogP contribution is 2.21. The molecule has 0 saturated heterocycles. The number of rotatable bonds is 6. The zero-order chi connectivity index (χ0) is 14.6. The van der Waals surface area contributed by atoms with E-state index < -0.39 is 16.8 Å². The Morgan fingerprint density at radius 2 is 2.11 bits per heavy atom. The molecule has 0 heterocycles. The van der Waals surface area contributed by atoms with E-state index in [9.17, 15) is 9.00 Å². The van der Waals surface area contributed by atoms with Gasteiger partial charge in [-0.05, 0) is 38.5 Å². The number of benzene rings is 1. The molecule has 0 radical (unpaired) electrons. The van der Waals surface area contributed by atoms with E-state index in [0.29, 0.717) is 17.1 Å². The highest BCUT2D eigenvalue weighted by molar-refractivity contribution is 7.85. The van der Waals surface area contributed by atoms with Gasteiger partial charge in [0.05, 0.1) is 27.0 Å². The van der Waals surface area contributed by atoms with Gasteiger partial charge in [0.25, 0.3) is 0 Å². The minimum absolute atomic E-state index is 0.0291. The van der Waals surface area contributed by atoms with Gasteiger partial charge in [-0.1, -0.05) is 11.6 Å². The molecule has 19 heavy (non-hydrogen) atoms. The summed E-state index contributed by atoms with van der Waals surface area (Å²) in [6.45, 7) is 3.82. The number of hydrogen-bond acceptors (Lipinski definition) is 3. The van der Waals surface area contributed by atoms with Crippen LogP contribution >= 0.6 is 11.6 Å². The first kappa shape index (κ1) is 16.1. The number of methoxy groups -OCH3 is 1. The summed E-state index contributed by atoms with van der Waals surface area (Å²) in [5.74, 6) is -0.720. The van der Waals surface area contributed by atoms with Gasteiger partial charge in [0.15, 0.2) is 0 Å². The summed E-state index contributed by atoms with van der Waals surface area (Å²) in [6, 6.07) is 4.41. The molecule has 0 bridgehead atoms. The number of carboxylic acid groups (broad SMARTS) is 1. The van der Waals surface area contributed by atoms with Crippen LogP contribution in [0.2, 0.25) is 5.02 Å². The van der Waals surface area contributed by atoms with Crippen molar-refractivity contribution in [1.29, 1.82) is 0 Å². The van der Waals surface area contributed by atoms with E-state index in [1.54, 1.807) is 13.2 Å². The van der Waals surface area contributed by atoms with Crippen molar-refractivity contribution in [2.45, 2.75) is 30.8 Å². The van der Waals surface area contributed by atoms with Crippen molar-refractivity contribution in [1.82, 2.24) is 0 Å². The van der Waals surface area contributed by atoms with Gasteiger partial charge in [-0.3, -0.25) is 4.21 Å². The van der Waals surface area contributed by atoms with Gasteiger partial charge in [0, 0.05) is 17.8 Å². The topological polar surface area (TPSA) is 63.6 Å². The van der Waals surface area contributed by atoms with Crippen molar-refractivity contribution in [3.63, 3.8) is 0 Å². The largest absolute Gasteiger partial charge is 0.478 e. The normalized spacial score (nSPS) is 13.3. The van der Waals surface area contributed by atoms with E-state index in [-0.39, 0.29) is 16.2 Å². The predicted octanol–water partition coefficient (Wildman–Crippen LogP) is 2.96. The van der Waals surface area contributed by atoms with Crippen molar-refractivity contribution in [2.24, 2.45) is 0 Å². The van der Waals surface area contributed by atoms with Gasteiger partial charge in [-0.25, -0.2) is 4.79 Å². The predicted molar refractivity (Wildman–Crippen MR) is 75.4 cm³/mol. The molecule has 106 valence electrons. The molecular formula is C13H17ClO4S. The van der Waals surface area contributed by atoms with E-state index >= 15 is 0 Å². The van der Waals surface area contributed by atoms with Crippen LogP contribution in [0.1, 0.15) is 30.6 Å². The Hall–Kier alpha value is -0.910. The summed E-state index contributed by atoms with van der Waals surface area (Å²) in [5.41, 5.74) is -0.379. The van der Waals surface area contributed by atoms with Crippen molar-refractivity contribution in [3.8, 4) is 0 Å². The highest BCUT2D eigenvalue weighted by atomic mass is 35.5. The molecule has 1 aromatic carbocycles. The third-order valence-electron chi connectivity index (χ3n) is 2.87. The summed E-state index contributed by atoms with van der Waals surface area (Å²) in [5, 5.41) is 9.11. The standard InChI is InChI=1S/C13H17ClO4S/c1-13(2,18-3)6-7-19(17)9-4-5-11(14)10(8-9)12(15)16/h4-5,8H,6-7H2,1-3H3,(H,15,16). The van der Waals surface area contributed by atoms with Crippen LogP contribution in [-0.4, -0.2) is 33.7 Å². The fraction of sp³-hybridized carbons (Fsp3) is 0.462. The van der Waals surface area contributed by atoms with Crippen LogP contribution in [-0.2, 0) is 15.5 Å². The lowest BCUT2D eigenvalue weighted by Crippen LogP contribution is -2.24. The average Bonchev–Trinajstić information content (AvgIpc) is 2.36. The zero-order valence-electron chi connectivity index (χ0n) is 11.1. The molecule has 1 atom stereocenters. The third kappa shape index (κ3) is 4.60. The molecular weight excluding hydrogens is 288 g/mol. The summed E-state index contributed by atoms with van der Waals surface area (Å²) < 4.78 is 17.4. The molecule has 1 rings (SSSR count). The first-order chi connectivity index (χ1) is 8.76. The van der Waals surface area contributed by atoms with E-state index in [0.717, 1.165) is 0 Å². The van der Waals surface area contributed by atoms with E-state index in [4.69, 9.17) is 21.4 Å². The molecule has 0 amide bonds. The van der Waals surface area contributed by atoms with Gasteiger partial charge in [0.1, 0.15) is 0 Å². The fourth-order valence-electron chi connectivity index (χ4n) is 1.37. The molecule has 0 aliphatic carbocycles. The lowest BCUT2D eigenvalue weighted by Gasteiger charge is -2.22. The minimum Gasteiger partial charge on any atom is -0.478 e. The monoisotopic (exact) mass is 304 g/mol. The number of halogens is 1. The Morgan fingerprint density at radius 3 is 2.63 bits per heavy atom. The van der Waals surface area contributed by atoms with Crippen LogP contribution in [0.15, 0.2) is 23.1 Å². The maximum atomic E-state index is 12.1. The van der Waals surface area contributed by atoms with Crippen LogP contribution in [0.4, 0.5) is 0 Å². The quantitative estimate of drug-likeness (QED) is 0.877. The van der Waals surface area contributed by atoms with Crippen LogP contribution in [0.3, 0.4) is 0 Å². The van der Waals surface area contributed by atoms with E-state index in [1.165, 1.54) is 12.1 Å². The maximum Gasteiger partial charge on any atom is 0.337 e. The second-order valence-electron chi connectivity index (χ2n) is 4.71.